The summed E-state index contributed by atoms with van der Waals surface area (Å²) in [6.45, 7) is 1.14. The van der Waals surface area contributed by atoms with E-state index in [1.54, 1.807) is 0 Å². The van der Waals surface area contributed by atoms with Gasteiger partial charge in [-0.3, -0.25) is 9.59 Å². The van der Waals surface area contributed by atoms with Gasteiger partial charge in [-0.15, -0.1) is 6.42 Å². The van der Waals surface area contributed by atoms with Gasteiger partial charge in [-0.05, 0) is 6.07 Å². The monoisotopic (exact) mass is 439 g/mol. The lowest BCUT2D eigenvalue weighted by atomic mass is 10.1. The number of rotatable bonds is 9. The number of hydrogen-bond donors (Lipinski definition) is 2. The first-order chi connectivity index (χ1) is 14.3. The molecule has 10 nitrogen and oxygen atoms in total. The molecular formula is C19H25N3O7S. The van der Waals surface area contributed by atoms with Crippen LogP contribution >= 0.6 is 0 Å². The lowest BCUT2D eigenvalue weighted by Gasteiger charge is -2.26. The summed E-state index contributed by atoms with van der Waals surface area (Å²) in [5, 5.41) is 5.06. The van der Waals surface area contributed by atoms with Crippen molar-refractivity contribution in [1.29, 1.82) is 0 Å². The van der Waals surface area contributed by atoms with E-state index in [2.05, 4.69) is 16.6 Å². The van der Waals surface area contributed by atoms with Crippen molar-refractivity contribution in [2.75, 3.05) is 53.6 Å². The molecule has 1 aliphatic rings. The Labute approximate surface area is 175 Å². The van der Waals surface area contributed by atoms with Gasteiger partial charge in [0.2, 0.25) is 15.9 Å². The van der Waals surface area contributed by atoms with Crippen molar-refractivity contribution in [1.82, 2.24) is 14.9 Å². The van der Waals surface area contributed by atoms with Crippen LogP contribution in [0, 0.1) is 12.3 Å². The van der Waals surface area contributed by atoms with Crippen LogP contribution in [0.5, 0.6) is 11.5 Å². The van der Waals surface area contributed by atoms with Crippen LogP contribution in [0.2, 0.25) is 0 Å². The Morgan fingerprint density at radius 2 is 1.90 bits per heavy atom. The molecule has 2 rings (SSSR count). The molecule has 1 heterocycles. The highest BCUT2D eigenvalue weighted by atomic mass is 32.2. The molecule has 0 unspecified atom stereocenters. The van der Waals surface area contributed by atoms with E-state index in [0.29, 0.717) is 13.2 Å². The second kappa shape index (κ2) is 10.8. The van der Waals surface area contributed by atoms with E-state index in [0.717, 1.165) is 0 Å². The smallest absolute Gasteiger partial charge is 0.255 e. The lowest BCUT2D eigenvalue weighted by molar-refractivity contribution is -0.120. The third-order valence-corrected chi connectivity index (χ3v) is 6.21. The first-order valence-corrected chi connectivity index (χ1v) is 10.6. The van der Waals surface area contributed by atoms with E-state index in [9.17, 15) is 18.0 Å². The molecule has 2 amide bonds. The van der Waals surface area contributed by atoms with Crippen molar-refractivity contribution in [3.8, 4) is 23.8 Å². The highest BCUT2D eigenvalue weighted by Crippen LogP contribution is 2.35. The van der Waals surface area contributed by atoms with Gasteiger partial charge in [0.25, 0.3) is 5.91 Å². The number of carbonyl (C=O) groups is 2. The normalized spacial score (nSPS) is 14.4. The van der Waals surface area contributed by atoms with Crippen molar-refractivity contribution < 1.29 is 32.2 Å². The third kappa shape index (κ3) is 5.63. The largest absolute Gasteiger partial charge is 0.493 e. The SMILES string of the molecule is C#CCNC(=O)CCNC(=O)c1cc(S(=O)(=O)N2CCOCC2)cc(OC)c1OC. The van der Waals surface area contributed by atoms with E-state index in [-0.39, 0.29) is 60.5 Å². The molecule has 0 spiro atoms. The van der Waals surface area contributed by atoms with Gasteiger partial charge in [0.15, 0.2) is 11.5 Å². The topological polar surface area (TPSA) is 123 Å². The zero-order valence-electron chi connectivity index (χ0n) is 16.9. The zero-order chi connectivity index (χ0) is 22.1. The third-order valence-electron chi connectivity index (χ3n) is 4.33. The summed E-state index contributed by atoms with van der Waals surface area (Å²) >= 11 is 0. The Hall–Kier alpha value is -2.81. The van der Waals surface area contributed by atoms with E-state index < -0.39 is 15.9 Å². The summed E-state index contributed by atoms with van der Waals surface area (Å²) in [6, 6.07) is 2.55. The molecule has 2 N–H and O–H groups in total. The summed E-state index contributed by atoms with van der Waals surface area (Å²) in [7, 11) is -1.17. The maximum atomic E-state index is 13.0. The summed E-state index contributed by atoms with van der Waals surface area (Å²) in [4.78, 5) is 24.2. The van der Waals surface area contributed by atoms with Crippen molar-refractivity contribution in [2.45, 2.75) is 11.3 Å². The number of morpholine rings is 1. The Morgan fingerprint density at radius 1 is 1.20 bits per heavy atom. The number of nitrogens with one attached hydrogen (secondary N) is 2. The minimum absolute atomic E-state index is 0.0125. The Morgan fingerprint density at radius 3 is 2.50 bits per heavy atom. The Balaban J connectivity index is 2.27. The molecule has 0 aliphatic carbocycles. The molecule has 164 valence electrons. The molecule has 1 aliphatic heterocycles. The van der Waals surface area contributed by atoms with Gasteiger partial charge < -0.3 is 24.8 Å². The zero-order valence-corrected chi connectivity index (χ0v) is 17.7. The van der Waals surface area contributed by atoms with Gasteiger partial charge in [0.05, 0.1) is 44.4 Å². The van der Waals surface area contributed by atoms with E-state index >= 15 is 0 Å². The van der Waals surface area contributed by atoms with Crippen LogP contribution in [0.4, 0.5) is 0 Å². The number of carbonyl (C=O) groups excluding carboxylic acids is 2. The average Bonchev–Trinajstić information content (AvgIpc) is 2.76. The fourth-order valence-corrected chi connectivity index (χ4v) is 4.27. The summed E-state index contributed by atoms with van der Waals surface area (Å²) < 4.78 is 43.0. The van der Waals surface area contributed by atoms with Gasteiger partial charge in [-0.2, -0.15) is 4.31 Å². The highest BCUT2D eigenvalue weighted by molar-refractivity contribution is 7.89. The van der Waals surface area contributed by atoms with Gasteiger partial charge in [0, 0.05) is 32.1 Å². The number of sulfonamides is 1. The maximum absolute atomic E-state index is 13.0. The molecule has 0 saturated carbocycles. The van der Waals surface area contributed by atoms with Gasteiger partial charge in [0.1, 0.15) is 0 Å². The van der Waals surface area contributed by atoms with Crippen molar-refractivity contribution in [2.24, 2.45) is 0 Å². The minimum atomic E-state index is -3.86. The van der Waals surface area contributed by atoms with Gasteiger partial charge in [-0.25, -0.2) is 8.42 Å². The molecule has 0 bridgehead atoms. The number of methoxy groups -OCH3 is 2. The summed E-state index contributed by atoms with van der Waals surface area (Å²) in [5.41, 5.74) is -0.0206. The Kier molecular flexibility index (Phi) is 8.46. The van der Waals surface area contributed by atoms with Crippen LogP contribution in [0.15, 0.2) is 17.0 Å². The number of ether oxygens (including phenoxy) is 3. The van der Waals surface area contributed by atoms with E-state index in [1.807, 2.05) is 0 Å². The summed E-state index contributed by atoms with van der Waals surface area (Å²) in [6.07, 6.45) is 5.08. The molecule has 30 heavy (non-hydrogen) atoms. The van der Waals surface area contributed by atoms with Crippen molar-refractivity contribution >= 4 is 21.8 Å². The fraction of sp³-hybridized carbons (Fsp3) is 0.474. The van der Waals surface area contributed by atoms with Crippen molar-refractivity contribution in [3.05, 3.63) is 17.7 Å². The quantitative estimate of drug-likeness (QED) is 0.502. The lowest BCUT2D eigenvalue weighted by Crippen LogP contribution is -2.40. The second-order valence-corrected chi connectivity index (χ2v) is 8.15. The second-order valence-electron chi connectivity index (χ2n) is 6.21. The Bertz CT molecular complexity index is 919. The van der Waals surface area contributed by atoms with E-state index in [4.69, 9.17) is 20.6 Å². The number of hydrogen-bond acceptors (Lipinski definition) is 7. The maximum Gasteiger partial charge on any atom is 0.255 e. The highest BCUT2D eigenvalue weighted by Gasteiger charge is 2.30. The van der Waals surface area contributed by atoms with Crippen LogP contribution in [-0.2, 0) is 19.6 Å². The minimum Gasteiger partial charge on any atom is -0.493 e. The number of benzene rings is 1. The van der Waals surface area contributed by atoms with Crippen LogP contribution in [0.1, 0.15) is 16.8 Å². The van der Waals surface area contributed by atoms with Gasteiger partial charge in [-0.1, -0.05) is 5.92 Å². The molecule has 1 saturated heterocycles. The molecular weight excluding hydrogens is 414 g/mol. The molecule has 1 fully saturated rings. The van der Waals surface area contributed by atoms with Crippen LogP contribution in [-0.4, -0.2) is 78.1 Å². The molecule has 1 aromatic carbocycles. The van der Waals surface area contributed by atoms with E-state index in [1.165, 1.54) is 30.7 Å². The van der Waals surface area contributed by atoms with Crippen LogP contribution < -0.4 is 20.1 Å². The molecule has 0 radical (unpaired) electrons. The molecule has 11 heteroatoms. The number of nitrogens with zero attached hydrogens (tertiary/aromatic N) is 1. The molecule has 0 aromatic heterocycles. The number of amides is 2. The van der Waals surface area contributed by atoms with Crippen LogP contribution in [0.25, 0.3) is 0 Å². The predicted octanol–water partition coefficient (Wildman–Crippen LogP) is -0.406. The van der Waals surface area contributed by atoms with Crippen LogP contribution in [0.3, 0.4) is 0 Å². The average molecular weight is 439 g/mol. The first kappa shape index (κ1) is 23.5. The predicted molar refractivity (Wildman–Crippen MR) is 108 cm³/mol. The molecule has 1 aromatic rings. The summed E-state index contributed by atoms with van der Waals surface area (Å²) in [5.74, 6) is 1.55. The van der Waals surface area contributed by atoms with Gasteiger partial charge >= 0.3 is 0 Å². The fourth-order valence-electron chi connectivity index (χ4n) is 2.82. The first-order valence-electron chi connectivity index (χ1n) is 9.17. The molecule has 0 atom stereocenters. The number of terminal acetylenes is 1. The standard InChI is InChI=1S/C19H25N3O7S/c1-4-6-20-17(23)5-7-21-19(24)15-12-14(13-16(27-2)18(15)28-3)30(25,26)22-8-10-29-11-9-22/h1,12-13H,5-11H2,2-3H3,(H,20,23)(H,21,24). The van der Waals surface area contributed by atoms with Crippen molar-refractivity contribution in [3.63, 3.8) is 0 Å².